The van der Waals surface area contributed by atoms with Crippen LogP contribution in [0.4, 0.5) is 0 Å². The average molecular weight is 285 g/mol. The van der Waals surface area contributed by atoms with E-state index in [2.05, 4.69) is 34.6 Å². The molecule has 1 fully saturated rings. The van der Waals surface area contributed by atoms with Crippen molar-refractivity contribution in [2.45, 2.75) is 73.3 Å². The van der Waals surface area contributed by atoms with Gasteiger partial charge >= 0.3 is 5.97 Å². The monoisotopic (exact) mass is 285 g/mol. The zero-order chi connectivity index (χ0) is 15.6. The Morgan fingerprint density at radius 1 is 1.25 bits per heavy atom. The molecule has 0 aromatic rings. The molecule has 0 heterocycles. The summed E-state index contributed by atoms with van der Waals surface area (Å²) in [5, 5.41) is 0. The number of nitrogens with two attached hydrogens (primary N) is 1. The smallest absolute Gasteiger partial charge is 0.328 e. The van der Waals surface area contributed by atoms with E-state index in [0.717, 1.165) is 19.3 Å². The summed E-state index contributed by atoms with van der Waals surface area (Å²) < 4.78 is 0. The first-order valence-electron chi connectivity index (χ1n) is 7.53. The second-order valence-electron chi connectivity index (χ2n) is 8.57. The zero-order valence-corrected chi connectivity index (χ0v) is 13.9. The molecule has 20 heavy (non-hydrogen) atoms. The van der Waals surface area contributed by atoms with Crippen LogP contribution >= 0.6 is 0 Å². The van der Waals surface area contributed by atoms with Gasteiger partial charge in [-0.2, -0.15) is 4.89 Å². The lowest BCUT2D eigenvalue weighted by Crippen LogP contribution is -2.46. The number of rotatable bonds is 4. The molecule has 0 saturated heterocycles. The van der Waals surface area contributed by atoms with Crippen molar-refractivity contribution >= 4 is 5.97 Å². The van der Waals surface area contributed by atoms with E-state index in [1.807, 2.05) is 6.92 Å². The van der Waals surface area contributed by atoms with Crippen LogP contribution in [0.2, 0.25) is 0 Å². The predicted molar refractivity (Wildman–Crippen MR) is 79.8 cm³/mol. The fourth-order valence-corrected chi connectivity index (χ4v) is 3.26. The summed E-state index contributed by atoms with van der Waals surface area (Å²) in [6.07, 6.45) is 3.25. The molecular weight excluding hydrogens is 254 g/mol. The molecular formula is C16H31NO3. The summed E-state index contributed by atoms with van der Waals surface area (Å²) in [5.41, 5.74) is 5.79. The number of carbonyl (C=O) groups is 1. The van der Waals surface area contributed by atoms with Crippen LogP contribution in [0.5, 0.6) is 0 Å². The summed E-state index contributed by atoms with van der Waals surface area (Å²) in [7, 11) is 0. The highest BCUT2D eigenvalue weighted by Crippen LogP contribution is 2.46. The second kappa shape index (κ2) is 6.02. The summed E-state index contributed by atoms with van der Waals surface area (Å²) in [6, 6.07) is 0.0471. The lowest BCUT2D eigenvalue weighted by Gasteiger charge is -2.43. The Kier molecular flexibility index (Phi) is 5.25. The molecule has 118 valence electrons. The van der Waals surface area contributed by atoms with Crippen LogP contribution < -0.4 is 5.73 Å². The highest BCUT2D eigenvalue weighted by molar-refractivity contribution is 5.76. The van der Waals surface area contributed by atoms with E-state index in [0.29, 0.717) is 13.0 Å². The minimum Gasteiger partial charge on any atom is -0.328 e. The zero-order valence-electron chi connectivity index (χ0n) is 13.9. The van der Waals surface area contributed by atoms with E-state index < -0.39 is 5.41 Å². The molecule has 1 saturated carbocycles. The molecule has 1 rings (SSSR count). The molecule has 0 spiro atoms. The first kappa shape index (κ1) is 17.4. The maximum Gasteiger partial charge on any atom is 0.348 e. The Hall–Kier alpha value is -0.610. The van der Waals surface area contributed by atoms with Crippen molar-refractivity contribution in [3.05, 3.63) is 0 Å². The molecule has 1 aliphatic carbocycles. The van der Waals surface area contributed by atoms with Crippen molar-refractivity contribution in [2.24, 2.45) is 22.0 Å². The molecule has 0 amide bonds. The molecule has 2 atom stereocenters. The van der Waals surface area contributed by atoms with Crippen LogP contribution in [0.3, 0.4) is 0 Å². The quantitative estimate of drug-likeness (QED) is 0.488. The fourth-order valence-electron chi connectivity index (χ4n) is 3.26. The van der Waals surface area contributed by atoms with Gasteiger partial charge in [-0.25, -0.2) is 4.79 Å². The van der Waals surface area contributed by atoms with Gasteiger partial charge in [-0.1, -0.05) is 34.6 Å². The number of hydrogen-bond donors (Lipinski definition) is 1. The lowest BCUT2D eigenvalue weighted by molar-refractivity contribution is -0.285. The fraction of sp³-hybridized carbons (Fsp3) is 0.938. The highest BCUT2D eigenvalue weighted by Gasteiger charge is 2.46. The maximum absolute atomic E-state index is 12.3. The Morgan fingerprint density at radius 3 is 2.35 bits per heavy atom. The third-order valence-electron chi connectivity index (χ3n) is 3.96. The van der Waals surface area contributed by atoms with Crippen molar-refractivity contribution < 1.29 is 14.6 Å². The van der Waals surface area contributed by atoms with Crippen molar-refractivity contribution in [1.29, 1.82) is 0 Å². The molecule has 0 bridgehead atoms. The van der Waals surface area contributed by atoms with Gasteiger partial charge < -0.3 is 5.73 Å². The molecule has 2 unspecified atom stereocenters. The van der Waals surface area contributed by atoms with Gasteiger partial charge in [0.2, 0.25) is 0 Å². The molecule has 0 aromatic carbocycles. The first-order valence-corrected chi connectivity index (χ1v) is 7.53. The van der Waals surface area contributed by atoms with Crippen LogP contribution in [0, 0.1) is 16.2 Å². The molecule has 4 nitrogen and oxygen atoms in total. The van der Waals surface area contributed by atoms with Gasteiger partial charge in [0.05, 0.1) is 12.0 Å². The molecule has 2 N–H and O–H groups in total. The summed E-state index contributed by atoms with van der Waals surface area (Å²) >= 11 is 0. The number of hydrogen-bond acceptors (Lipinski definition) is 4. The average Bonchev–Trinajstić information content (AvgIpc) is 2.18. The molecule has 0 aromatic heterocycles. The van der Waals surface area contributed by atoms with Crippen LogP contribution in [0.15, 0.2) is 0 Å². The standard InChI is InChI=1S/C16H31NO3/c1-14(2,3)7-8-19-20-13(18)16(6)10-12(17)9-15(4,5)11-16/h12H,7-11,17H2,1-6H3. The minimum absolute atomic E-state index is 0.0471. The minimum atomic E-state index is -0.539. The van der Waals surface area contributed by atoms with Crippen molar-refractivity contribution in [1.82, 2.24) is 0 Å². The topological polar surface area (TPSA) is 61.5 Å². The maximum atomic E-state index is 12.3. The van der Waals surface area contributed by atoms with E-state index in [1.54, 1.807) is 0 Å². The van der Waals surface area contributed by atoms with E-state index in [-0.39, 0.29) is 22.8 Å². The molecule has 4 heteroatoms. The van der Waals surface area contributed by atoms with Crippen LogP contribution in [0.1, 0.15) is 67.2 Å². The van der Waals surface area contributed by atoms with Crippen LogP contribution in [-0.2, 0) is 14.6 Å². The normalized spacial score (nSPS) is 30.1. The largest absolute Gasteiger partial charge is 0.348 e. The van der Waals surface area contributed by atoms with Gasteiger partial charge in [0.25, 0.3) is 0 Å². The highest BCUT2D eigenvalue weighted by atomic mass is 17.2. The third-order valence-corrected chi connectivity index (χ3v) is 3.96. The van der Waals surface area contributed by atoms with Crippen molar-refractivity contribution in [3.63, 3.8) is 0 Å². The van der Waals surface area contributed by atoms with E-state index in [9.17, 15) is 4.79 Å². The Bertz CT molecular complexity index is 346. The first-order chi connectivity index (χ1) is 8.94. The summed E-state index contributed by atoms with van der Waals surface area (Å²) in [6.45, 7) is 13.0. The Balaban J connectivity index is 2.49. The van der Waals surface area contributed by atoms with Crippen molar-refractivity contribution in [2.75, 3.05) is 6.61 Å². The Labute approximate surface area is 123 Å². The molecule has 0 aliphatic heterocycles. The van der Waals surface area contributed by atoms with Gasteiger partial charge in [-0.3, -0.25) is 4.89 Å². The van der Waals surface area contributed by atoms with E-state index in [4.69, 9.17) is 15.5 Å². The van der Waals surface area contributed by atoms with E-state index in [1.165, 1.54) is 0 Å². The van der Waals surface area contributed by atoms with E-state index >= 15 is 0 Å². The lowest BCUT2D eigenvalue weighted by atomic mass is 9.63. The second-order valence-corrected chi connectivity index (χ2v) is 8.57. The van der Waals surface area contributed by atoms with Gasteiger partial charge in [0.1, 0.15) is 0 Å². The third kappa shape index (κ3) is 5.41. The molecule has 1 aliphatic rings. The molecule has 0 radical (unpaired) electrons. The number of carbonyl (C=O) groups excluding carboxylic acids is 1. The van der Waals surface area contributed by atoms with Crippen molar-refractivity contribution in [3.8, 4) is 0 Å². The van der Waals surface area contributed by atoms with Gasteiger partial charge in [0.15, 0.2) is 0 Å². The predicted octanol–water partition coefficient (Wildman–Crippen LogP) is 3.44. The van der Waals surface area contributed by atoms with Crippen LogP contribution in [-0.4, -0.2) is 18.6 Å². The van der Waals surface area contributed by atoms with Gasteiger partial charge in [0, 0.05) is 6.04 Å². The van der Waals surface area contributed by atoms with Gasteiger partial charge in [-0.15, -0.1) is 0 Å². The van der Waals surface area contributed by atoms with Gasteiger partial charge in [-0.05, 0) is 43.4 Å². The SMILES string of the molecule is CC(C)(C)CCOOC(=O)C1(C)CC(N)CC(C)(C)C1. The van der Waals surface area contributed by atoms with Crippen LogP contribution in [0.25, 0.3) is 0 Å². The Morgan fingerprint density at radius 2 is 1.85 bits per heavy atom. The summed E-state index contributed by atoms with van der Waals surface area (Å²) in [4.78, 5) is 22.4. The summed E-state index contributed by atoms with van der Waals surface area (Å²) in [5.74, 6) is -0.283.